The molecule has 8 rings (SSSR count). The Labute approximate surface area is 239 Å². The summed E-state index contributed by atoms with van der Waals surface area (Å²) in [6, 6.07) is 48.9. The van der Waals surface area contributed by atoms with Crippen molar-refractivity contribution in [1.82, 2.24) is 0 Å². The molecule has 2 nitrogen and oxygen atoms in total. The number of carbonyl (C=O) groups is 2. The van der Waals surface area contributed by atoms with E-state index in [4.69, 9.17) is 0 Å². The lowest BCUT2D eigenvalue weighted by Crippen LogP contribution is -2.20. The first-order chi connectivity index (χ1) is 20.2. The van der Waals surface area contributed by atoms with Crippen LogP contribution in [0.2, 0.25) is 0 Å². The van der Waals surface area contributed by atoms with E-state index in [0.717, 1.165) is 6.42 Å². The summed E-state index contributed by atoms with van der Waals surface area (Å²) in [7, 11) is 0. The lowest BCUT2D eigenvalue weighted by Gasteiger charge is -2.16. The lowest BCUT2D eigenvalue weighted by atomic mass is 9.84. The number of carbonyl (C=O) groups excluding carboxylic acids is 2. The van der Waals surface area contributed by atoms with Gasteiger partial charge in [0.25, 0.3) is 0 Å². The molecule has 2 aliphatic rings. The van der Waals surface area contributed by atoms with Crippen molar-refractivity contribution >= 4 is 11.6 Å². The molecule has 0 aliphatic heterocycles. The second-order valence-electron chi connectivity index (χ2n) is 10.4. The maximum Gasteiger partial charge on any atom is 0.194 e. The van der Waals surface area contributed by atoms with E-state index in [2.05, 4.69) is 97.1 Å². The fraction of sp³-hybridized carbons (Fsp3) is 0.0256. The molecule has 0 spiro atoms. The van der Waals surface area contributed by atoms with E-state index in [1.54, 1.807) is 48.5 Å². The lowest BCUT2D eigenvalue weighted by molar-refractivity contribution is 0.0979. The van der Waals surface area contributed by atoms with Crippen LogP contribution in [-0.2, 0) is 6.42 Å². The molecule has 41 heavy (non-hydrogen) atoms. The summed E-state index contributed by atoms with van der Waals surface area (Å²) < 4.78 is 0. The van der Waals surface area contributed by atoms with E-state index in [0.29, 0.717) is 22.3 Å². The molecule has 2 heteroatoms. The van der Waals surface area contributed by atoms with Gasteiger partial charge in [-0.15, -0.1) is 0 Å². The summed E-state index contributed by atoms with van der Waals surface area (Å²) in [4.78, 5) is 24.2. The maximum absolute atomic E-state index is 12.1. The molecule has 6 aromatic rings. The van der Waals surface area contributed by atoms with Crippen LogP contribution >= 0.6 is 0 Å². The Kier molecular flexibility index (Phi) is 6.22. The molecule has 0 atom stereocenters. The number of benzene rings is 6. The average molecular weight is 527 g/mol. The zero-order valence-electron chi connectivity index (χ0n) is 22.4. The molecule has 0 amide bonds. The third kappa shape index (κ3) is 4.40. The van der Waals surface area contributed by atoms with E-state index in [1.165, 1.54) is 44.5 Å². The summed E-state index contributed by atoms with van der Waals surface area (Å²) in [5.74, 6) is -0.128. The van der Waals surface area contributed by atoms with Crippen LogP contribution in [0, 0.1) is 0 Å². The Balaban J connectivity index is 0.000000149. The molecule has 0 saturated heterocycles. The second-order valence-corrected chi connectivity index (χ2v) is 10.4. The van der Waals surface area contributed by atoms with Crippen molar-refractivity contribution in [3.63, 3.8) is 0 Å². The van der Waals surface area contributed by atoms with Gasteiger partial charge in [-0.1, -0.05) is 133 Å². The van der Waals surface area contributed by atoms with Crippen molar-refractivity contribution in [3.8, 4) is 33.4 Å². The first-order valence-corrected chi connectivity index (χ1v) is 13.8. The summed E-state index contributed by atoms with van der Waals surface area (Å²) >= 11 is 0. The molecule has 0 N–H and O–H groups in total. The third-order valence-corrected chi connectivity index (χ3v) is 7.93. The predicted octanol–water partition coefficient (Wildman–Crippen LogP) is 9.05. The van der Waals surface area contributed by atoms with Gasteiger partial charge >= 0.3 is 0 Å². The van der Waals surface area contributed by atoms with Gasteiger partial charge in [-0.05, 0) is 63.1 Å². The molecule has 6 aromatic carbocycles. The highest BCUT2D eigenvalue weighted by atomic mass is 16.1. The van der Waals surface area contributed by atoms with Gasteiger partial charge in [-0.3, -0.25) is 9.59 Å². The van der Waals surface area contributed by atoms with Crippen LogP contribution in [0.15, 0.2) is 146 Å². The highest BCUT2D eigenvalue weighted by molar-refractivity contribution is 6.28. The van der Waals surface area contributed by atoms with Gasteiger partial charge in [0.15, 0.2) is 11.6 Å². The summed E-state index contributed by atoms with van der Waals surface area (Å²) in [5, 5.41) is 0. The SMILES string of the molecule is O=C1c2ccccc2C(=O)c2ccccc21.c1ccc(-c2cc3c(cc2-c2ccccc2)-c2ccccc2C3)cc1. The Morgan fingerprint density at radius 2 is 0.707 bits per heavy atom. The summed E-state index contributed by atoms with van der Waals surface area (Å²) in [6.45, 7) is 0. The van der Waals surface area contributed by atoms with Crippen molar-refractivity contribution in [2.45, 2.75) is 6.42 Å². The Morgan fingerprint density at radius 3 is 1.20 bits per heavy atom. The maximum atomic E-state index is 12.1. The number of hydrogen-bond acceptors (Lipinski definition) is 2. The van der Waals surface area contributed by atoms with Crippen LogP contribution in [0.25, 0.3) is 33.4 Å². The van der Waals surface area contributed by atoms with Crippen molar-refractivity contribution < 1.29 is 9.59 Å². The number of hydrogen-bond donors (Lipinski definition) is 0. The second kappa shape index (κ2) is 10.3. The minimum absolute atomic E-state index is 0.0641. The van der Waals surface area contributed by atoms with Crippen molar-refractivity contribution in [3.05, 3.63) is 179 Å². The number of ketones is 2. The van der Waals surface area contributed by atoms with Crippen LogP contribution in [0.4, 0.5) is 0 Å². The minimum Gasteiger partial charge on any atom is -0.289 e. The molecule has 2 aliphatic carbocycles. The fourth-order valence-electron chi connectivity index (χ4n) is 5.95. The molecule has 0 bridgehead atoms. The van der Waals surface area contributed by atoms with Crippen LogP contribution in [0.5, 0.6) is 0 Å². The zero-order chi connectivity index (χ0) is 27.8. The molecule has 0 saturated carbocycles. The van der Waals surface area contributed by atoms with Gasteiger partial charge in [-0.2, -0.15) is 0 Å². The molecule has 194 valence electrons. The minimum atomic E-state index is -0.0641. The largest absolute Gasteiger partial charge is 0.289 e. The molecular formula is C39H26O2. The molecule has 0 unspecified atom stereocenters. The standard InChI is InChI=1S/C25H18.C14H8O2/c1-3-9-18(10-4-1)23-16-21-15-20-13-7-8-14-22(20)25(21)17-24(23)19-11-5-2-6-12-19;15-13-9-5-1-2-6-10(9)14(16)12-8-4-3-7-11(12)13/h1-14,16-17H,15H2;1-8H. The van der Waals surface area contributed by atoms with Crippen molar-refractivity contribution in [2.24, 2.45) is 0 Å². The highest BCUT2D eigenvalue weighted by Gasteiger charge is 2.28. The third-order valence-electron chi connectivity index (χ3n) is 7.93. The Morgan fingerprint density at radius 1 is 0.317 bits per heavy atom. The quantitative estimate of drug-likeness (QED) is 0.225. The fourth-order valence-corrected chi connectivity index (χ4v) is 5.95. The predicted molar refractivity (Wildman–Crippen MR) is 165 cm³/mol. The number of fused-ring (bicyclic) bond motifs is 5. The molecule has 0 aromatic heterocycles. The van der Waals surface area contributed by atoms with Crippen molar-refractivity contribution in [2.75, 3.05) is 0 Å². The summed E-state index contributed by atoms with van der Waals surface area (Å²) in [6.07, 6.45) is 1.03. The number of rotatable bonds is 2. The smallest absolute Gasteiger partial charge is 0.194 e. The highest BCUT2D eigenvalue weighted by Crippen LogP contribution is 2.43. The molecule has 0 heterocycles. The monoisotopic (exact) mass is 526 g/mol. The Hall–Kier alpha value is -5.34. The van der Waals surface area contributed by atoms with Gasteiger partial charge in [-0.25, -0.2) is 0 Å². The van der Waals surface area contributed by atoms with Gasteiger partial charge in [0.1, 0.15) is 0 Å². The van der Waals surface area contributed by atoms with Crippen molar-refractivity contribution in [1.29, 1.82) is 0 Å². The van der Waals surface area contributed by atoms with Crippen LogP contribution in [0.3, 0.4) is 0 Å². The van der Waals surface area contributed by atoms with Gasteiger partial charge < -0.3 is 0 Å². The molecule has 0 fully saturated rings. The van der Waals surface area contributed by atoms with E-state index in [1.807, 2.05) is 0 Å². The Bertz CT molecular complexity index is 1830. The first kappa shape index (κ1) is 24.7. The van der Waals surface area contributed by atoms with E-state index >= 15 is 0 Å². The van der Waals surface area contributed by atoms with E-state index in [-0.39, 0.29) is 11.6 Å². The first-order valence-electron chi connectivity index (χ1n) is 13.8. The average Bonchev–Trinajstić information content (AvgIpc) is 3.42. The van der Waals surface area contributed by atoms with Gasteiger partial charge in [0.05, 0.1) is 0 Å². The molecular weight excluding hydrogens is 500 g/mol. The molecule has 0 radical (unpaired) electrons. The summed E-state index contributed by atoms with van der Waals surface area (Å²) in [5.41, 5.74) is 12.8. The normalized spacial score (nSPS) is 12.4. The van der Waals surface area contributed by atoms with Gasteiger partial charge in [0, 0.05) is 22.3 Å². The van der Waals surface area contributed by atoms with Crippen LogP contribution < -0.4 is 0 Å². The van der Waals surface area contributed by atoms with Crippen LogP contribution in [0.1, 0.15) is 43.0 Å². The van der Waals surface area contributed by atoms with Gasteiger partial charge in [0.2, 0.25) is 0 Å². The van der Waals surface area contributed by atoms with Crippen LogP contribution in [-0.4, -0.2) is 11.6 Å². The van der Waals surface area contributed by atoms with E-state index < -0.39 is 0 Å². The topological polar surface area (TPSA) is 34.1 Å². The zero-order valence-corrected chi connectivity index (χ0v) is 22.4. The van der Waals surface area contributed by atoms with E-state index in [9.17, 15) is 9.59 Å².